The van der Waals surface area contributed by atoms with Gasteiger partial charge in [0.2, 0.25) is 0 Å². The number of aromatic amines is 1. The number of nitrogens with zero attached hydrogens (tertiary/aromatic N) is 1. The van der Waals surface area contributed by atoms with E-state index in [1.807, 2.05) is 0 Å². The molecule has 1 heterocycles. The smallest absolute Gasteiger partial charge is 0.432 e. The van der Waals surface area contributed by atoms with Crippen LogP contribution in [0.4, 0.5) is 13.2 Å². The van der Waals surface area contributed by atoms with Crippen molar-refractivity contribution in [2.75, 3.05) is 0 Å². The number of nitrogens with one attached hydrogen (secondary N) is 1. The second kappa shape index (κ2) is 3.13. The fraction of sp³-hybridized carbons (Fsp3) is 0.167. The molecule has 5 nitrogen and oxygen atoms in total. The van der Waals surface area contributed by atoms with Crippen LogP contribution in [0.15, 0.2) is 11.0 Å². The molecule has 0 radical (unpaired) electrons. The minimum Gasteiger partial charge on any atom is -0.478 e. The van der Waals surface area contributed by atoms with Crippen molar-refractivity contribution >= 4 is 5.97 Å². The number of hydrogen-bond donors (Lipinski definition) is 2. The molecule has 0 aliphatic heterocycles. The summed E-state index contributed by atoms with van der Waals surface area (Å²) in [5.74, 6) is -1.80. The maximum absolute atomic E-state index is 12.1. The summed E-state index contributed by atoms with van der Waals surface area (Å²) in [6.07, 6.45) is -4.56. The standard InChI is InChI=1S/C6H3F3N2O3/c7-6(8,9)3-2(4(12)13)1-10-5(14)11-3/h1H,(H,12,13)(H,10,11,14). The van der Waals surface area contributed by atoms with Gasteiger partial charge in [-0.05, 0) is 0 Å². The largest absolute Gasteiger partial charge is 0.478 e. The number of carbonyl (C=O) groups is 1. The topological polar surface area (TPSA) is 83.0 Å². The minimum atomic E-state index is -4.92. The Morgan fingerprint density at radius 1 is 1.50 bits per heavy atom. The summed E-state index contributed by atoms with van der Waals surface area (Å²) in [5.41, 5.74) is -3.94. The first kappa shape index (κ1) is 10.2. The van der Waals surface area contributed by atoms with Crippen molar-refractivity contribution in [3.8, 4) is 0 Å². The van der Waals surface area contributed by atoms with Gasteiger partial charge in [0.25, 0.3) is 0 Å². The van der Waals surface area contributed by atoms with E-state index in [0.717, 1.165) is 0 Å². The molecule has 2 N–H and O–H groups in total. The first-order valence-corrected chi connectivity index (χ1v) is 3.22. The molecule has 14 heavy (non-hydrogen) atoms. The lowest BCUT2D eigenvalue weighted by atomic mass is 10.2. The van der Waals surface area contributed by atoms with Gasteiger partial charge in [0.15, 0.2) is 0 Å². The van der Waals surface area contributed by atoms with Crippen LogP contribution >= 0.6 is 0 Å². The zero-order valence-electron chi connectivity index (χ0n) is 6.42. The third-order valence-electron chi connectivity index (χ3n) is 1.33. The van der Waals surface area contributed by atoms with Crippen molar-refractivity contribution in [3.63, 3.8) is 0 Å². The van der Waals surface area contributed by atoms with Gasteiger partial charge in [-0.1, -0.05) is 0 Å². The highest BCUT2D eigenvalue weighted by atomic mass is 19.4. The summed E-state index contributed by atoms with van der Waals surface area (Å²) >= 11 is 0. The highest BCUT2D eigenvalue weighted by Crippen LogP contribution is 2.28. The summed E-state index contributed by atoms with van der Waals surface area (Å²) in [7, 11) is 0. The molecule has 1 rings (SSSR count). The van der Waals surface area contributed by atoms with Gasteiger partial charge in [0.05, 0.1) is 0 Å². The maximum atomic E-state index is 12.1. The third-order valence-corrected chi connectivity index (χ3v) is 1.33. The number of rotatable bonds is 1. The number of hydrogen-bond acceptors (Lipinski definition) is 3. The van der Waals surface area contributed by atoms with Crippen LogP contribution in [0.2, 0.25) is 0 Å². The Hall–Kier alpha value is -1.86. The number of carboxylic acid groups (broad SMARTS) is 1. The molecule has 0 saturated heterocycles. The van der Waals surface area contributed by atoms with Crippen LogP contribution in [0.3, 0.4) is 0 Å². The van der Waals surface area contributed by atoms with Crippen molar-refractivity contribution in [2.24, 2.45) is 0 Å². The Bertz CT molecular complexity index is 423. The molecule has 0 aromatic carbocycles. The number of aromatic nitrogens is 2. The van der Waals surface area contributed by atoms with Crippen molar-refractivity contribution < 1.29 is 23.1 Å². The van der Waals surface area contributed by atoms with E-state index in [1.165, 1.54) is 4.98 Å². The number of aromatic carboxylic acids is 1. The van der Waals surface area contributed by atoms with E-state index in [-0.39, 0.29) is 0 Å². The monoisotopic (exact) mass is 208 g/mol. The number of halogens is 3. The Morgan fingerprint density at radius 2 is 2.07 bits per heavy atom. The Morgan fingerprint density at radius 3 is 2.50 bits per heavy atom. The van der Waals surface area contributed by atoms with E-state index in [4.69, 9.17) is 5.11 Å². The van der Waals surface area contributed by atoms with Crippen LogP contribution < -0.4 is 5.69 Å². The molecular weight excluding hydrogens is 205 g/mol. The maximum Gasteiger partial charge on any atom is 0.432 e. The van der Waals surface area contributed by atoms with Crippen LogP contribution in [-0.4, -0.2) is 21.0 Å². The molecule has 0 bridgehead atoms. The fourth-order valence-corrected chi connectivity index (χ4v) is 0.780. The van der Waals surface area contributed by atoms with Crippen molar-refractivity contribution in [1.82, 2.24) is 9.97 Å². The molecule has 0 unspecified atom stereocenters. The van der Waals surface area contributed by atoms with E-state index in [9.17, 15) is 22.8 Å². The molecule has 0 aliphatic rings. The second-order valence-electron chi connectivity index (χ2n) is 2.28. The highest BCUT2D eigenvalue weighted by Gasteiger charge is 2.36. The molecule has 0 atom stereocenters. The number of alkyl halides is 3. The summed E-state index contributed by atoms with van der Waals surface area (Å²) in [6, 6.07) is 0. The van der Waals surface area contributed by atoms with Crippen molar-refractivity contribution in [3.05, 3.63) is 27.9 Å². The van der Waals surface area contributed by atoms with Crippen LogP contribution in [-0.2, 0) is 6.18 Å². The first-order chi connectivity index (χ1) is 6.32. The predicted octanol–water partition coefficient (Wildman–Crippen LogP) is 0.487. The first-order valence-electron chi connectivity index (χ1n) is 3.22. The van der Waals surface area contributed by atoms with Crippen LogP contribution in [0.25, 0.3) is 0 Å². The zero-order chi connectivity index (χ0) is 10.9. The van der Waals surface area contributed by atoms with Gasteiger partial charge in [-0.25, -0.2) is 14.6 Å². The lowest BCUT2D eigenvalue weighted by Crippen LogP contribution is -2.23. The van der Waals surface area contributed by atoms with Gasteiger partial charge < -0.3 is 10.1 Å². The number of carboxylic acids is 1. The molecule has 0 saturated carbocycles. The Labute approximate surface area is 74.2 Å². The van der Waals surface area contributed by atoms with E-state index < -0.39 is 29.1 Å². The molecule has 0 aliphatic carbocycles. The van der Waals surface area contributed by atoms with E-state index in [2.05, 4.69) is 4.98 Å². The summed E-state index contributed by atoms with van der Waals surface area (Å²) in [4.78, 5) is 25.0. The number of H-pyrrole nitrogens is 1. The molecule has 0 spiro atoms. The third kappa shape index (κ3) is 1.90. The van der Waals surface area contributed by atoms with Crippen molar-refractivity contribution in [1.29, 1.82) is 0 Å². The van der Waals surface area contributed by atoms with Gasteiger partial charge in [-0.2, -0.15) is 13.2 Å². The van der Waals surface area contributed by atoms with Crippen molar-refractivity contribution in [2.45, 2.75) is 6.18 Å². The van der Waals surface area contributed by atoms with E-state index >= 15 is 0 Å². The molecule has 8 heteroatoms. The summed E-state index contributed by atoms with van der Waals surface area (Å²) in [5, 5.41) is 8.36. The van der Waals surface area contributed by atoms with Gasteiger partial charge in [-0.15, -0.1) is 0 Å². The second-order valence-corrected chi connectivity index (χ2v) is 2.28. The lowest BCUT2D eigenvalue weighted by molar-refractivity contribution is -0.141. The fourth-order valence-electron chi connectivity index (χ4n) is 0.780. The highest BCUT2D eigenvalue weighted by molar-refractivity contribution is 5.88. The van der Waals surface area contributed by atoms with Gasteiger partial charge in [-0.3, -0.25) is 0 Å². The molecule has 1 aromatic heterocycles. The molecule has 76 valence electrons. The van der Waals surface area contributed by atoms with Gasteiger partial charge in [0.1, 0.15) is 11.3 Å². The van der Waals surface area contributed by atoms with Crippen LogP contribution in [0.1, 0.15) is 16.1 Å². The van der Waals surface area contributed by atoms with Gasteiger partial charge >= 0.3 is 17.8 Å². The normalized spacial score (nSPS) is 11.4. The zero-order valence-corrected chi connectivity index (χ0v) is 6.42. The lowest BCUT2D eigenvalue weighted by Gasteiger charge is -2.07. The average Bonchev–Trinajstić information content (AvgIpc) is 2.01. The summed E-state index contributed by atoms with van der Waals surface area (Å²) in [6.45, 7) is 0. The van der Waals surface area contributed by atoms with Crippen LogP contribution in [0, 0.1) is 0 Å². The van der Waals surface area contributed by atoms with Crippen LogP contribution in [0.5, 0.6) is 0 Å². The minimum absolute atomic E-state index is 0.365. The Kier molecular flexibility index (Phi) is 2.28. The quantitative estimate of drug-likeness (QED) is 0.703. The SMILES string of the molecule is O=C(O)c1cnc(=O)[nH]c1C(F)(F)F. The molecule has 1 aromatic rings. The predicted molar refractivity (Wildman–Crippen MR) is 36.8 cm³/mol. The van der Waals surface area contributed by atoms with E-state index in [1.54, 1.807) is 0 Å². The Balaban J connectivity index is 3.45. The van der Waals surface area contributed by atoms with Gasteiger partial charge in [0, 0.05) is 6.20 Å². The summed E-state index contributed by atoms with van der Waals surface area (Å²) < 4.78 is 36.4. The molecular formula is C6H3F3N2O3. The van der Waals surface area contributed by atoms with E-state index in [0.29, 0.717) is 6.20 Å². The molecule has 0 fully saturated rings. The average molecular weight is 208 g/mol. The molecule has 0 amide bonds.